The van der Waals surface area contributed by atoms with Gasteiger partial charge >= 0.3 is 5.69 Å². The maximum absolute atomic E-state index is 11.6. The zero-order chi connectivity index (χ0) is 11.8. The Morgan fingerprint density at radius 3 is 2.59 bits per heavy atom. The van der Waals surface area contributed by atoms with E-state index in [0.717, 1.165) is 16.5 Å². The summed E-state index contributed by atoms with van der Waals surface area (Å²) in [6.45, 7) is 1.80. The van der Waals surface area contributed by atoms with Crippen molar-refractivity contribution in [1.29, 1.82) is 0 Å². The fraction of sp³-hybridized carbons (Fsp3) is 0.0769. The Morgan fingerprint density at radius 2 is 1.88 bits per heavy atom. The van der Waals surface area contributed by atoms with Gasteiger partial charge in [-0.3, -0.25) is 0 Å². The zero-order valence-corrected chi connectivity index (χ0v) is 9.34. The van der Waals surface area contributed by atoms with Gasteiger partial charge in [0.2, 0.25) is 0 Å². The molecule has 0 saturated carbocycles. The van der Waals surface area contributed by atoms with Crippen LogP contribution >= 0.6 is 0 Å². The smallest absolute Gasteiger partial charge is 0.247 e. The summed E-state index contributed by atoms with van der Waals surface area (Å²) in [4.78, 5) is 11.6. The molecule has 0 radical (unpaired) electrons. The number of aromatic nitrogens is 3. The van der Waals surface area contributed by atoms with Gasteiger partial charge in [-0.25, -0.2) is 14.5 Å². The van der Waals surface area contributed by atoms with Gasteiger partial charge in [-0.2, -0.15) is 5.10 Å². The predicted molar refractivity (Wildman–Crippen MR) is 66.4 cm³/mol. The lowest BCUT2D eigenvalue weighted by Gasteiger charge is -2.04. The number of rotatable bonds is 1. The van der Waals surface area contributed by atoms with E-state index in [-0.39, 0.29) is 5.69 Å². The van der Waals surface area contributed by atoms with Crippen molar-refractivity contribution < 1.29 is 0 Å². The average Bonchev–Trinajstić information content (AvgIpc) is 2.68. The molecule has 3 aromatic rings. The molecule has 2 aromatic carbocycles. The second kappa shape index (κ2) is 3.59. The SMILES string of the molecule is Cc1n[nH]c(=O)n1-c1ccc2ccccc2c1. The molecule has 1 N–H and O–H groups in total. The summed E-state index contributed by atoms with van der Waals surface area (Å²) in [5.74, 6) is 0.658. The van der Waals surface area contributed by atoms with Gasteiger partial charge in [0.05, 0.1) is 5.69 Å². The van der Waals surface area contributed by atoms with Gasteiger partial charge in [0, 0.05) is 0 Å². The van der Waals surface area contributed by atoms with E-state index in [9.17, 15) is 4.79 Å². The van der Waals surface area contributed by atoms with Crippen LogP contribution in [-0.2, 0) is 0 Å². The first kappa shape index (κ1) is 9.84. The summed E-state index contributed by atoms with van der Waals surface area (Å²) in [5.41, 5.74) is 0.623. The van der Waals surface area contributed by atoms with E-state index >= 15 is 0 Å². The first-order valence-electron chi connectivity index (χ1n) is 5.39. The molecule has 0 saturated heterocycles. The molecule has 0 fully saturated rings. The Balaban J connectivity index is 2.29. The third-order valence-corrected chi connectivity index (χ3v) is 2.83. The molecule has 0 amide bonds. The Kier molecular flexibility index (Phi) is 2.08. The van der Waals surface area contributed by atoms with Crippen molar-refractivity contribution in [3.8, 4) is 5.69 Å². The average molecular weight is 225 g/mol. The summed E-state index contributed by atoms with van der Waals surface area (Å²) >= 11 is 0. The number of hydrogen-bond donors (Lipinski definition) is 1. The Morgan fingerprint density at radius 1 is 1.12 bits per heavy atom. The molecule has 1 heterocycles. The molecule has 0 unspecified atom stereocenters. The second-order valence-electron chi connectivity index (χ2n) is 3.94. The van der Waals surface area contributed by atoms with Crippen molar-refractivity contribution in [3.63, 3.8) is 0 Å². The standard InChI is InChI=1S/C13H11N3O/c1-9-14-15-13(17)16(9)12-7-6-10-4-2-3-5-11(10)8-12/h2-8H,1H3,(H,15,17). The third kappa shape index (κ3) is 1.54. The molecule has 0 aliphatic heterocycles. The van der Waals surface area contributed by atoms with Crippen LogP contribution < -0.4 is 5.69 Å². The van der Waals surface area contributed by atoms with Gasteiger partial charge in [0.15, 0.2) is 0 Å². The zero-order valence-electron chi connectivity index (χ0n) is 9.34. The monoisotopic (exact) mass is 225 g/mol. The van der Waals surface area contributed by atoms with E-state index in [2.05, 4.69) is 10.2 Å². The molecule has 84 valence electrons. The maximum atomic E-state index is 11.6. The number of benzene rings is 2. The van der Waals surface area contributed by atoms with E-state index in [1.807, 2.05) is 42.5 Å². The highest BCUT2D eigenvalue weighted by Crippen LogP contribution is 2.17. The van der Waals surface area contributed by atoms with Crippen molar-refractivity contribution >= 4 is 10.8 Å². The fourth-order valence-corrected chi connectivity index (χ4v) is 2.00. The van der Waals surface area contributed by atoms with Crippen LogP contribution in [-0.4, -0.2) is 14.8 Å². The van der Waals surface area contributed by atoms with E-state index in [0.29, 0.717) is 5.82 Å². The largest absolute Gasteiger partial charge is 0.347 e. The van der Waals surface area contributed by atoms with Crippen LogP contribution in [0.3, 0.4) is 0 Å². The molecule has 1 aromatic heterocycles. The molecule has 0 aliphatic rings. The summed E-state index contributed by atoms with van der Waals surface area (Å²) in [5, 5.41) is 8.61. The number of aryl methyl sites for hydroxylation is 1. The summed E-state index contributed by atoms with van der Waals surface area (Å²) < 4.78 is 1.56. The van der Waals surface area contributed by atoms with E-state index < -0.39 is 0 Å². The van der Waals surface area contributed by atoms with Crippen LogP contribution in [0.2, 0.25) is 0 Å². The number of nitrogens with zero attached hydrogens (tertiary/aromatic N) is 2. The van der Waals surface area contributed by atoms with Gasteiger partial charge in [0.25, 0.3) is 0 Å². The highest BCUT2D eigenvalue weighted by atomic mass is 16.1. The quantitative estimate of drug-likeness (QED) is 0.688. The van der Waals surface area contributed by atoms with Gasteiger partial charge in [0.1, 0.15) is 5.82 Å². The molecule has 0 bridgehead atoms. The minimum atomic E-state index is -0.210. The second-order valence-corrected chi connectivity index (χ2v) is 3.94. The number of nitrogens with one attached hydrogen (secondary N) is 1. The van der Waals surface area contributed by atoms with Gasteiger partial charge in [-0.1, -0.05) is 30.3 Å². The van der Waals surface area contributed by atoms with Crippen molar-refractivity contribution in [3.05, 3.63) is 58.8 Å². The number of fused-ring (bicyclic) bond motifs is 1. The highest BCUT2D eigenvalue weighted by Gasteiger charge is 2.06. The van der Waals surface area contributed by atoms with Crippen LogP contribution in [0.25, 0.3) is 16.5 Å². The minimum absolute atomic E-state index is 0.210. The fourth-order valence-electron chi connectivity index (χ4n) is 2.00. The van der Waals surface area contributed by atoms with E-state index in [1.165, 1.54) is 0 Å². The topological polar surface area (TPSA) is 50.7 Å². The minimum Gasteiger partial charge on any atom is -0.247 e. The lowest BCUT2D eigenvalue weighted by molar-refractivity contribution is 0.946. The molecular formula is C13H11N3O. The molecule has 0 spiro atoms. The predicted octanol–water partition coefficient (Wildman–Crippen LogP) is 2.02. The summed E-state index contributed by atoms with van der Waals surface area (Å²) in [7, 11) is 0. The summed E-state index contributed by atoms with van der Waals surface area (Å²) in [6.07, 6.45) is 0. The van der Waals surface area contributed by atoms with Crippen LogP contribution in [0.4, 0.5) is 0 Å². The molecule has 0 aliphatic carbocycles. The van der Waals surface area contributed by atoms with E-state index in [4.69, 9.17) is 0 Å². The van der Waals surface area contributed by atoms with Crippen LogP contribution in [0.5, 0.6) is 0 Å². The van der Waals surface area contributed by atoms with Crippen molar-refractivity contribution in [2.75, 3.05) is 0 Å². The Labute approximate surface area is 97.5 Å². The third-order valence-electron chi connectivity index (χ3n) is 2.83. The summed E-state index contributed by atoms with van der Waals surface area (Å²) in [6, 6.07) is 14.0. The Bertz CT molecular complexity index is 740. The maximum Gasteiger partial charge on any atom is 0.347 e. The molecule has 4 heteroatoms. The van der Waals surface area contributed by atoms with Crippen molar-refractivity contribution in [1.82, 2.24) is 14.8 Å². The van der Waals surface area contributed by atoms with Gasteiger partial charge in [-0.05, 0) is 29.8 Å². The first-order chi connectivity index (χ1) is 8.25. The number of aromatic amines is 1. The van der Waals surface area contributed by atoms with Gasteiger partial charge in [-0.15, -0.1) is 0 Å². The molecule has 4 nitrogen and oxygen atoms in total. The van der Waals surface area contributed by atoms with Crippen molar-refractivity contribution in [2.24, 2.45) is 0 Å². The first-order valence-corrected chi connectivity index (χ1v) is 5.39. The van der Waals surface area contributed by atoms with Gasteiger partial charge < -0.3 is 0 Å². The van der Waals surface area contributed by atoms with Crippen LogP contribution in [0, 0.1) is 6.92 Å². The van der Waals surface area contributed by atoms with Crippen molar-refractivity contribution in [2.45, 2.75) is 6.92 Å². The molecular weight excluding hydrogens is 214 g/mol. The number of H-pyrrole nitrogens is 1. The van der Waals surface area contributed by atoms with Crippen LogP contribution in [0.1, 0.15) is 5.82 Å². The Hall–Kier alpha value is -2.36. The molecule has 17 heavy (non-hydrogen) atoms. The molecule has 3 rings (SSSR count). The normalized spacial score (nSPS) is 10.9. The lowest BCUT2D eigenvalue weighted by atomic mass is 10.1. The lowest BCUT2D eigenvalue weighted by Crippen LogP contribution is -2.15. The molecule has 0 atom stereocenters. The van der Waals surface area contributed by atoms with Crippen LogP contribution in [0.15, 0.2) is 47.3 Å². The highest BCUT2D eigenvalue weighted by molar-refractivity contribution is 5.84. The van der Waals surface area contributed by atoms with E-state index in [1.54, 1.807) is 11.5 Å². The number of hydrogen-bond acceptors (Lipinski definition) is 2.